The molecule has 2 rings (SSSR count). The lowest BCUT2D eigenvalue weighted by atomic mass is 10.3. The molecule has 1 aromatic carbocycles. The zero-order chi connectivity index (χ0) is 13.0. The highest BCUT2D eigenvalue weighted by atomic mass is 79.9. The van der Waals surface area contributed by atoms with Gasteiger partial charge >= 0.3 is 6.03 Å². The van der Waals surface area contributed by atoms with Crippen molar-refractivity contribution in [2.24, 2.45) is 0 Å². The molecular weight excluding hydrogens is 312 g/mol. The summed E-state index contributed by atoms with van der Waals surface area (Å²) in [6.45, 7) is 0.606. The lowest BCUT2D eigenvalue weighted by molar-refractivity contribution is 0.221. The molecule has 0 radical (unpaired) electrons. The van der Waals surface area contributed by atoms with Crippen molar-refractivity contribution in [3.8, 4) is 0 Å². The van der Waals surface area contributed by atoms with Crippen LogP contribution in [0, 0.1) is 0 Å². The summed E-state index contributed by atoms with van der Waals surface area (Å²) in [5.74, 6) is 0. The van der Waals surface area contributed by atoms with Crippen LogP contribution >= 0.6 is 27.3 Å². The van der Waals surface area contributed by atoms with Crippen LogP contribution in [0.2, 0.25) is 0 Å². The predicted octanol–water partition coefficient (Wildman–Crippen LogP) is 4.17. The van der Waals surface area contributed by atoms with E-state index in [4.69, 9.17) is 0 Å². The smallest absolute Gasteiger partial charge is 0.321 e. The molecule has 1 heterocycles. The monoisotopic (exact) mass is 324 g/mol. The first-order valence-corrected chi connectivity index (χ1v) is 7.12. The van der Waals surface area contributed by atoms with Crippen LogP contribution in [0.5, 0.6) is 0 Å². The van der Waals surface area contributed by atoms with Crippen LogP contribution in [0.25, 0.3) is 0 Å². The molecule has 18 heavy (non-hydrogen) atoms. The average molecular weight is 325 g/mol. The maximum Gasteiger partial charge on any atom is 0.321 e. The van der Waals surface area contributed by atoms with Crippen molar-refractivity contribution in [3.63, 3.8) is 0 Å². The number of anilines is 1. The Labute approximate surface area is 119 Å². The molecule has 0 aliphatic heterocycles. The number of thiophene rings is 1. The molecule has 1 N–H and O–H groups in total. The van der Waals surface area contributed by atoms with Gasteiger partial charge in [-0.05, 0) is 34.1 Å². The molecule has 94 valence electrons. The molecule has 0 saturated heterocycles. The lowest BCUT2D eigenvalue weighted by Gasteiger charge is -2.17. The van der Waals surface area contributed by atoms with E-state index in [1.807, 2.05) is 41.8 Å². The number of hydrogen-bond acceptors (Lipinski definition) is 2. The number of nitrogens with zero attached hydrogens (tertiary/aromatic N) is 1. The summed E-state index contributed by atoms with van der Waals surface area (Å²) in [7, 11) is 1.78. The van der Waals surface area contributed by atoms with Gasteiger partial charge in [0.05, 0.1) is 6.54 Å². The highest BCUT2D eigenvalue weighted by molar-refractivity contribution is 9.10. The van der Waals surface area contributed by atoms with Crippen molar-refractivity contribution < 1.29 is 4.79 Å². The van der Waals surface area contributed by atoms with E-state index in [1.165, 1.54) is 0 Å². The Morgan fingerprint density at radius 2 is 2.11 bits per heavy atom. The summed E-state index contributed by atoms with van der Waals surface area (Å²) >= 11 is 5.04. The molecule has 0 fully saturated rings. The molecule has 1 aromatic heterocycles. The Balaban J connectivity index is 1.93. The fraction of sp³-hybridized carbons (Fsp3) is 0.154. The number of amides is 2. The number of rotatable bonds is 3. The molecule has 0 aliphatic rings. The number of para-hydroxylation sites is 1. The minimum absolute atomic E-state index is 0.106. The maximum absolute atomic E-state index is 11.9. The molecule has 2 aromatic rings. The topological polar surface area (TPSA) is 32.3 Å². The van der Waals surface area contributed by atoms with Gasteiger partial charge in [-0.1, -0.05) is 18.2 Å². The third-order valence-electron chi connectivity index (χ3n) is 2.39. The van der Waals surface area contributed by atoms with Crippen LogP contribution in [0.15, 0.2) is 46.3 Å². The van der Waals surface area contributed by atoms with Crippen LogP contribution in [-0.4, -0.2) is 18.0 Å². The fourth-order valence-electron chi connectivity index (χ4n) is 1.48. The van der Waals surface area contributed by atoms with Gasteiger partial charge in [-0.15, -0.1) is 11.3 Å². The minimum Gasteiger partial charge on any atom is -0.322 e. The first-order chi connectivity index (χ1) is 8.65. The van der Waals surface area contributed by atoms with Crippen molar-refractivity contribution in [2.45, 2.75) is 6.54 Å². The van der Waals surface area contributed by atoms with Crippen molar-refractivity contribution in [1.29, 1.82) is 0 Å². The molecule has 2 amide bonds. The van der Waals surface area contributed by atoms with Gasteiger partial charge in [0, 0.05) is 27.5 Å². The zero-order valence-electron chi connectivity index (χ0n) is 9.89. The maximum atomic E-state index is 11.9. The van der Waals surface area contributed by atoms with Gasteiger partial charge in [-0.3, -0.25) is 0 Å². The predicted molar refractivity (Wildman–Crippen MR) is 78.9 cm³/mol. The van der Waals surface area contributed by atoms with Crippen LogP contribution in [0.1, 0.15) is 4.88 Å². The fourth-order valence-corrected chi connectivity index (χ4v) is 2.99. The van der Waals surface area contributed by atoms with Gasteiger partial charge in [0.1, 0.15) is 0 Å². The van der Waals surface area contributed by atoms with Crippen LogP contribution in [0.4, 0.5) is 10.5 Å². The number of carbonyl (C=O) groups is 1. The van der Waals surface area contributed by atoms with Gasteiger partial charge in [0.25, 0.3) is 0 Å². The van der Waals surface area contributed by atoms with Crippen molar-refractivity contribution in [2.75, 3.05) is 12.4 Å². The average Bonchev–Trinajstić information content (AvgIpc) is 2.76. The lowest BCUT2D eigenvalue weighted by Crippen LogP contribution is -2.30. The molecule has 5 heteroatoms. The Morgan fingerprint density at radius 1 is 1.39 bits per heavy atom. The number of halogens is 1. The number of benzene rings is 1. The van der Waals surface area contributed by atoms with Gasteiger partial charge in [0.2, 0.25) is 0 Å². The van der Waals surface area contributed by atoms with E-state index in [0.29, 0.717) is 6.54 Å². The third kappa shape index (κ3) is 3.58. The summed E-state index contributed by atoms with van der Waals surface area (Å²) in [6.07, 6.45) is 0. The number of nitrogens with one attached hydrogen (secondary N) is 1. The first kappa shape index (κ1) is 13.1. The molecule has 3 nitrogen and oxygen atoms in total. The Bertz CT molecular complexity index is 527. The van der Waals surface area contributed by atoms with Crippen LogP contribution in [0.3, 0.4) is 0 Å². The highest BCUT2D eigenvalue weighted by Crippen LogP contribution is 2.21. The molecule has 0 atom stereocenters. The standard InChI is InChI=1S/C13H13BrN2OS/c1-16(8-12-7-10(14)9-18-12)13(17)15-11-5-3-2-4-6-11/h2-7,9H,8H2,1H3,(H,15,17). The summed E-state index contributed by atoms with van der Waals surface area (Å²) in [6, 6.07) is 11.4. The van der Waals surface area contributed by atoms with E-state index < -0.39 is 0 Å². The van der Waals surface area contributed by atoms with E-state index in [-0.39, 0.29) is 6.03 Å². The third-order valence-corrected chi connectivity index (χ3v) is 4.07. The largest absolute Gasteiger partial charge is 0.322 e. The van der Waals surface area contributed by atoms with Gasteiger partial charge < -0.3 is 10.2 Å². The molecule has 0 spiro atoms. The molecule has 0 unspecified atom stereocenters. The van der Waals surface area contributed by atoms with Crippen LogP contribution in [-0.2, 0) is 6.54 Å². The van der Waals surface area contributed by atoms with Crippen molar-refractivity contribution in [3.05, 3.63) is 51.1 Å². The minimum atomic E-state index is -0.106. The summed E-state index contributed by atoms with van der Waals surface area (Å²) in [5, 5.41) is 4.86. The van der Waals surface area contributed by atoms with Gasteiger partial charge in [0.15, 0.2) is 0 Å². The quantitative estimate of drug-likeness (QED) is 0.902. The first-order valence-electron chi connectivity index (χ1n) is 5.45. The Kier molecular flexibility index (Phi) is 4.38. The summed E-state index contributed by atoms with van der Waals surface area (Å²) in [5.41, 5.74) is 0.807. The molecule has 0 aliphatic carbocycles. The Hall–Kier alpha value is -1.33. The van der Waals surface area contributed by atoms with Crippen molar-refractivity contribution in [1.82, 2.24) is 4.90 Å². The number of carbonyl (C=O) groups excluding carboxylic acids is 1. The molecule has 0 bridgehead atoms. The van der Waals surface area contributed by atoms with Crippen molar-refractivity contribution >= 4 is 39.0 Å². The van der Waals surface area contributed by atoms with Gasteiger partial charge in [-0.2, -0.15) is 0 Å². The van der Waals surface area contributed by atoms with Crippen LogP contribution < -0.4 is 5.32 Å². The van der Waals surface area contributed by atoms with E-state index >= 15 is 0 Å². The molecule has 0 saturated carbocycles. The normalized spacial score (nSPS) is 10.1. The Morgan fingerprint density at radius 3 is 2.72 bits per heavy atom. The number of urea groups is 1. The second-order valence-electron chi connectivity index (χ2n) is 3.88. The second kappa shape index (κ2) is 6.02. The second-order valence-corrected chi connectivity index (χ2v) is 5.79. The van der Waals surface area contributed by atoms with E-state index in [0.717, 1.165) is 15.0 Å². The van der Waals surface area contributed by atoms with E-state index in [1.54, 1.807) is 23.3 Å². The number of hydrogen-bond donors (Lipinski definition) is 1. The van der Waals surface area contributed by atoms with E-state index in [9.17, 15) is 4.79 Å². The summed E-state index contributed by atoms with van der Waals surface area (Å²) in [4.78, 5) is 14.7. The highest BCUT2D eigenvalue weighted by Gasteiger charge is 2.10. The van der Waals surface area contributed by atoms with E-state index in [2.05, 4.69) is 21.2 Å². The zero-order valence-corrected chi connectivity index (χ0v) is 12.3. The SMILES string of the molecule is CN(Cc1cc(Br)cs1)C(=O)Nc1ccccc1. The molecular formula is C13H13BrN2OS. The summed E-state index contributed by atoms with van der Waals surface area (Å²) < 4.78 is 1.05. The van der Waals surface area contributed by atoms with Gasteiger partial charge in [-0.25, -0.2) is 4.79 Å².